The van der Waals surface area contributed by atoms with Gasteiger partial charge in [0.2, 0.25) is 11.8 Å². The Kier molecular flexibility index (Phi) is 3.24. The summed E-state index contributed by atoms with van der Waals surface area (Å²) in [5.41, 5.74) is 1.70. The predicted octanol–water partition coefficient (Wildman–Crippen LogP) is 1.32. The van der Waals surface area contributed by atoms with Gasteiger partial charge in [0, 0.05) is 18.0 Å². The van der Waals surface area contributed by atoms with Crippen molar-refractivity contribution in [1.29, 1.82) is 5.26 Å². The smallest absolute Gasteiger partial charge is 0.249 e. The molecule has 21 heavy (non-hydrogen) atoms. The predicted molar refractivity (Wildman–Crippen MR) is 76.3 cm³/mol. The Morgan fingerprint density at radius 3 is 2.90 bits per heavy atom. The molecule has 2 amide bonds. The summed E-state index contributed by atoms with van der Waals surface area (Å²) >= 11 is 0. The van der Waals surface area contributed by atoms with Crippen LogP contribution < -0.4 is 10.6 Å². The van der Waals surface area contributed by atoms with Gasteiger partial charge in [-0.05, 0) is 12.5 Å². The summed E-state index contributed by atoms with van der Waals surface area (Å²) in [4.78, 5) is 27.3. The van der Waals surface area contributed by atoms with E-state index in [2.05, 4.69) is 21.7 Å². The lowest BCUT2D eigenvalue weighted by Crippen LogP contribution is -2.47. The summed E-state index contributed by atoms with van der Waals surface area (Å²) < 4.78 is 0. The number of rotatable bonds is 2. The Bertz CT molecular complexity index is 779. The van der Waals surface area contributed by atoms with Gasteiger partial charge in [-0.25, -0.2) is 0 Å². The molecule has 1 aliphatic heterocycles. The molecule has 1 unspecified atom stereocenters. The second-order valence-corrected chi connectivity index (χ2v) is 4.82. The van der Waals surface area contributed by atoms with E-state index in [-0.39, 0.29) is 18.2 Å². The Morgan fingerprint density at radius 2 is 2.14 bits per heavy atom. The van der Waals surface area contributed by atoms with Gasteiger partial charge >= 0.3 is 0 Å². The number of anilines is 1. The van der Waals surface area contributed by atoms with E-state index in [0.717, 1.165) is 10.9 Å². The molecule has 1 aromatic carbocycles. The Hall–Kier alpha value is -2.94. The molecule has 2 heterocycles. The van der Waals surface area contributed by atoms with Crippen LogP contribution in [0.3, 0.4) is 0 Å². The van der Waals surface area contributed by atoms with Crippen molar-refractivity contribution in [3.8, 4) is 6.07 Å². The molecule has 0 saturated carbocycles. The number of fused-ring (bicyclic) bond motifs is 1. The van der Waals surface area contributed by atoms with Crippen molar-refractivity contribution < 1.29 is 9.59 Å². The van der Waals surface area contributed by atoms with Crippen LogP contribution in [0, 0.1) is 11.3 Å². The van der Waals surface area contributed by atoms with Crippen LogP contribution in [-0.4, -0.2) is 22.8 Å². The van der Waals surface area contributed by atoms with Crippen LogP contribution >= 0.6 is 0 Å². The molecule has 1 atom stereocenters. The summed E-state index contributed by atoms with van der Waals surface area (Å²) in [6, 6.07) is 8.94. The fourth-order valence-corrected chi connectivity index (χ4v) is 2.39. The number of pyridine rings is 1. The second-order valence-electron chi connectivity index (χ2n) is 4.82. The van der Waals surface area contributed by atoms with E-state index in [0.29, 0.717) is 17.7 Å². The zero-order chi connectivity index (χ0) is 14.8. The molecule has 1 aromatic heterocycles. The van der Waals surface area contributed by atoms with Crippen LogP contribution in [0.2, 0.25) is 0 Å². The third-order valence-corrected chi connectivity index (χ3v) is 3.45. The van der Waals surface area contributed by atoms with Gasteiger partial charge in [-0.1, -0.05) is 18.2 Å². The van der Waals surface area contributed by atoms with Gasteiger partial charge < -0.3 is 5.32 Å². The average molecular weight is 280 g/mol. The molecule has 0 aliphatic carbocycles. The van der Waals surface area contributed by atoms with Gasteiger partial charge in [0.1, 0.15) is 12.1 Å². The number of carbonyl (C=O) groups is 2. The first-order valence-electron chi connectivity index (χ1n) is 6.57. The van der Waals surface area contributed by atoms with Gasteiger partial charge in [0.15, 0.2) is 0 Å². The second kappa shape index (κ2) is 5.21. The number of amides is 2. The van der Waals surface area contributed by atoms with Crippen LogP contribution in [0.15, 0.2) is 30.5 Å². The third-order valence-electron chi connectivity index (χ3n) is 3.45. The highest BCUT2D eigenvalue weighted by molar-refractivity contribution is 6.03. The number of hydrogen-bond acceptors (Lipinski definition) is 5. The molecule has 1 aliphatic rings. The number of para-hydroxylation sites is 1. The van der Waals surface area contributed by atoms with Crippen LogP contribution in [0.1, 0.15) is 18.4 Å². The standard InChI is InChI=1S/C15H12N4O2/c16-7-9-8-17-11-4-2-1-3-10(11)14(9)18-12-5-6-13(20)19-15(12)21/h1-4,8,12H,5-6H2,(H,17,18)(H,19,20,21). The molecule has 0 bridgehead atoms. The van der Waals surface area contributed by atoms with E-state index < -0.39 is 6.04 Å². The molecule has 1 saturated heterocycles. The highest BCUT2D eigenvalue weighted by Crippen LogP contribution is 2.27. The minimum absolute atomic E-state index is 0.266. The number of nitrogens with zero attached hydrogens (tertiary/aromatic N) is 2. The molecule has 2 aromatic rings. The molecular formula is C15H12N4O2. The highest BCUT2D eigenvalue weighted by atomic mass is 16.2. The van der Waals surface area contributed by atoms with Gasteiger partial charge in [-0.2, -0.15) is 5.26 Å². The van der Waals surface area contributed by atoms with Crippen LogP contribution in [0.25, 0.3) is 10.9 Å². The minimum atomic E-state index is -0.527. The Morgan fingerprint density at radius 1 is 1.33 bits per heavy atom. The van der Waals surface area contributed by atoms with E-state index in [9.17, 15) is 14.9 Å². The molecule has 1 fully saturated rings. The molecule has 0 radical (unpaired) electrons. The van der Waals surface area contributed by atoms with Crippen molar-refractivity contribution >= 4 is 28.4 Å². The normalized spacial score (nSPS) is 18.1. The van der Waals surface area contributed by atoms with E-state index in [4.69, 9.17) is 0 Å². The van der Waals surface area contributed by atoms with Gasteiger partial charge in [-0.3, -0.25) is 19.9 Å². The minimum Gasteiger partial charge on any atom is -0.372 e. The number of aromatic nitrogens is 1. The molecule has 3 rings (SSSR count). The van der Waals surface area contributed by atoms with Crippen molar-refractivity contribution in [2.75, 3.05) is 5.32 Å². The molecule has 104 valence electrons. The number of benzene rings is 1. The fraction of sp³-hybridized carbons (Fsp3) is 0.200. The van der Waals surface area contributed by atoms with Crippen molar-refractivity contribution in [3.63, 3.8) is 0 Å². The highest BCUT2D eigenvalue weighted by Gasteiger charge is 2.27. The molecule has 2 N–H and O–H groups in total. The summed E-state index contributed by atoms with van der Waals surface area (Å²) in [7, 11) is 0. The van der Waals surface area contributed by atoms with Gasteiger partial charge in [0.25, 0.3) is 0 Å². The van der Waals surface area contributed by atoms with Crippen LogP contribution in [0.4, 0.5) is 5.69 Å². The van der Waals surface area contributed by atoms with Crippen LogP contribution in [-0.2, 0) is 9.59 Å². The maximum atomic E-state index is 11.9. The number of piperidine rings is 1. The fourth-order valence-electron chi connectivity index (χ4n) is 2.39. The SMILES string of the molecule is N#Cc1cnc2ccccc2c1NC1CCC(=O)NC1=O. The first-order valence-corrected chi connectivity index (χ1v) is 6.57. The van der Waals surface area contributed by atoms with E-state index in [1.54, 1.807) is 0 Å². The quantitative estimate of drug-likeness (QED) is 0.809. The maximum absolute atomic E-state index is 11.9. The van der Waals surface area contributed by atoms with E-state index in [1.807, 2.05) is 24.3 Å². The Labute approximate surface area is 120 Å². The number of nitriles is 1. The average Bonchev–Trinajstić information content (AvgIpc) is 2.50. The van der Waals surface area contributed by atoms with E-state index in [1.165, 1.54) is 6.20 Å². The topological polar surface area (TPSA) is 94.9 Å². The first kappa shape index (κ1) is 13.1. The number of carbonyl (C=O) groups excluding carboxylic acids is 2. The lowest BCUT2D eigenvalue weighted by molar-refractivity contribution is -0.133. The van der Waals surface area contributed by atoms with Crippen molar-refractivity contribution in [1.82, 2.24) is 10.3 Å². The summed E-state index contributed by atoms with van der Waals surface area (Å²) in [5.74, 6) is -0.630. The largest absolute Gasteiger partial charge is 0.372 e. The summed E-state index contributed by atoms with van der Waals surface area (Å²) in [6.07, 6.45) is 2.18. The zero-order valence-corrected chi connectivity index (χ0v) is 11.1. The summed E-state index contributed by atoms with van der Waals surface area (Å²) in [6.45, 7) is 0. The number of hydrogen-bond donors (Lipinski definition) is 2. The lowest BCUT2D eigenvalue weighted by atomic mass is 10.0. The maximum Gasteiger partial charge on any atom is 0.249 e. The Balaban J connectivity index is 2.01. The number of imide groups is 1. The molecule has 6 nitrogen and oxygen atoms in total. The van der Waals surface area contributed by atoms with E-state index >= 15 is 0 Å². The van der Waals surface area contributed by atoms with Gasteiger partial charge in [-0.15, -0.1) is 0 Å². The van der Waals surface area contributed by atoms with Crippen molar-refractivity contribution in [2.24, 2.45) is 0 Å². The monoisotopic (exact) mass is 280 g/mol. The van der Waals surface area contributed by atoms with Crippen molar-refractivity contribution in [3.05, 3.63) is 36.0 Å². The summed E-state index contributed by atoms with van der Waals surface area (Å²) in [5, 5.41) is 15.4. The van der Waals surface area contributed by atoms with Gasteiger partial charge in [0.05, 0.1) is 16.8 Å². The first-order chi connectivity index (χ1) is 10.2. The lowest BCUT2D eigenvalue weighted by Gasteiger charge is -2.23. The molecular weight excluding hydrogens is 268 g/mol. The molecule has 6 heteroatoms. The zero-order valence-electron chi connectivity index (χ0n) is 11.1. The molecule has 0 spiro atoms. The van der Waals surface area contributed by atoms with Crippen LogP contribution in [0.5, 0.6) is 0 Å². The van der Waals surface area contributed by atoms with Crippen molar-refractivity contribution in [2.45, 2.75) is 18.9 Å². The number of nitrogens with one attached hydrogen (secondary N) is 2. The third kappa shape index (κ3) is 2.41.